The number of hydrogen-bond acceptors (Lipinski definition) is 7. The smallest absolute Gasteiger partial charge is 0.241 e. The van der Waals surface area contributed by atoms with E-state index in [0.717, 1.165) is 24.4 Å². The molecule has 0 spiro atoms. The summed E-state index contributed by atoms with van der Waals surface area (Å²) in [5, 5.41) is 7.50. The van der Waals surface area contributed by atoms with Crippen molar-refractivity contribution in [3.8, 4) is 17.1 Å². The Hall–Kier alpha value is -4.01. The first-order chi connectivity index (χ1) is 18.5. The van der Waals surface area contributed by atoms with Crippen LogP contribution in [0.15, 0.2) is 77.3 Å². The van der Waals surface area contributed by atoms with Gasteiger partial charge in [0.2, 0.25) is 17.6 Å². The van der Waals surface area contributed by atoms with E-state index in [9.17, 15) is 9.59 Å². The number of carbonyl (C=O) groups excluding carboxylic acids is 2. The van der Waals surface area contributed by atoms with Crippen molar-refractivity contribution in [2.75, 3.05) is 25.5 Å². The van der Waals surface area contributed by atoms with Gasteiger partial charge < -0.3 is 14.6 Å². The number of carbonyl (C=O) groups is 2. The molecule has 1 amide bonds. The minimum Gasteiger partial charge on any atom is -0.497 e. The largest absolute Gasteiger partial charge is 0.497 e. The van der Waals surface area contributed by atoms with Crippen molar-refractivity contribution in [2.24, 2.45) is 5.92 Å². The molecule has 9 heteroatoms. The number of benzene rings is 3. The van der Waals surface area contributed by atoms with Gasteiger partial charge in [0.15, 0.2) is 5.78 Å². The van der Waals surface area contributed by atoms with Gasteiger partial charge in [-0.2, -0.15) is 4.98 Å². The first kappa shape index (κ1) is 25.6. The second-order valence-corrected chi connectivity index (χ2v) is 9.60. The lowest BCUT2D eigenvalue weighted by Gasteiger charge is -2.30. The number of ether oxygens (including phenoxy) is 1. The summed E-state index contributed by atoms with van der Waals surface area (Å²) in [5.74, 6) is 1.36. The van der Waals surface area contributed by atoms with Crippen LogP contribution in [0, 0.1) is 5.92 Å². The lowest BCUT2D eigenvalue weighted by atomic mass is 9.95. The van der Waals surface area contributed by atoms with Gasteiger partial charge >= 0.3 is 0 Å². The van der Waals surface area contributed by atoms with Crippen molar-refractivity contribution in [3.05, 3.63) is 94.8 Å². The van der Waals surface area contributed by atoms with E-state index in [0.29, 0.717) is 52.9 Å². The average molecular weight is 531 g/mol. The molecule has 38 heavy (non-hydrogen) atoms. The van der Waals surface area contributed by atoms with Gasteiger partial charge in [0.25, 0.3) is 0 Å². The fraction of sp³-hybridized carbons (Fsp3) is 0.241. The average Bonchev–Trinajstić information content (AvgIpc) is 3.43. The fourth-order valence-corrected chi connectivity index (χ4v) is 4.69. The number of aromatic nitrogens is 2. The zero-order valence-electron chi connectivity index (χ0n) is 20.9. The molecule has 1 aromatic heterocycles. The highest BCUT2D eigenvalue weighted by atomic mass is 35.5. The Bertz CT molecular complexity index is 1410. The predicted molar refractivity (Wildman–Crippen MR) is 144 cm³/mol. The van der Waals surface area contributed by atoms with Crippen LogP contribution in [-0.2, 0) is 11.3 Å². The summed E-state index contributed by atoms with van der Waals surface area (Å²) >= 11 is 6.17. The van der Waals surface area contributed by atoms with E-state index in [1.807, 2.05) is 30.3 Å². The van der Waals surface area contributed by atoms with Crippen LogP contribution in [0.5, 0.6) is 5.75 Å². The number of ketones is 1. The zero-order valence-corrected chi connectivity index (χ0v) is 21.6. The third-order valence-electron chi connectivity index (χ3n) is 6.65. The number of hydrogen-bond donors (Lipinski definition) is 1. The molecule has 0 saturated carbocycles. The van der Waals surface area contributed by atoms with Crippen molar-refractivity contribution < 1.29 is 18.8 Å². The second kappa shape index (κ2) is 11.6. The SMILES string of the molecule is COc1ccc(-c2noc(CN3CCC(C(=O)Nc4ccc(Cl)cc4C(=O)c4ccccc4)CC3)n2)cc1. The molecule has 0 aliphatic carbocycles. The van der Waals surface area contributed by atoms with E-state index in [1.54, 1.807) is 49.6 Å². The summed E-state index contributed by atoms with van der Waals surface area (Å²) in [7, 11) is 1.62. The zero-order chi connectivity index (χ0) is 26.5. The van der Waals surface area contributed by atoms with Crippen molar-refractivity contribution in [3.63, 3.8) is 0 Å². The lowest BCUT2D eigenvalue weighted by Crippen LogP contribution is -2.38. The van der Waals surface area contributed by atoms with Crippen molar-refractivity contribution in [2.45, 2.75) is 19.4 Å². The van der Waals surface area contributed by atoms with Gasteiger partial charge in [0, 0.05) is 27.6 Å². The minimum absolute atomic E-state index is 0.103. The third-order valence-corrected chi connectivity index (χ3v) is 6.89. The van der Waals surface area contributed by atoms with Crippen LogP contribution in [0.1, 0.15) is 34.7 Å². The quantitative estimate of drug-likeness (QED) is 0.301. The summed E-state index contributed by atoms with van der Waals surface area (Å²) in [4.78, 5) is 32.9. The molecule has 5 rings (SSSR count). The van der Waals surface area contributed by atoms with E-state index in [4.69, 9.17) is 20.9 Å². The van der Waals surface area contributed by atoms with Gasteiger partial charge in [0.1, 0.15) is 5.75 Å². The van der Waals surface area contributed by atoms with Crippen LogP contribution >= 0.6 is 11.6 Å². The summed E-state index contributed by atoms with van der Waals surface area (Å²) in [6.45, 7) is 1.95. The summed E-state index contributed by atoms with van der Waals surface area (Å²) in [6, 6.07) is 21.4. The number of halogens is 1. The van der Waals surface area contributed by atoms with Gasteiger partial charge in [-0.05, 0) is 68.4 Å². The number of piperidine rings is 1. The first-order valence-electron chi connectivity index (χ1n) is 12.4. The van der Waals surface area contributed by atoms with Crippen molar-refractivity contribution in [1.29, 1.82) is 0 Å². The summed E-state index contributed by atoms with van der Waals surface area (Å²) in [5.41, 5.74) is 2.23. The van der Waals surface area contributed by atoms with E-state index in [-0.39, 0.29) is 17.6 Å². The molecule has 4 aromatic rings. The van der Waals surface area contributed by atoms with Gasteiger partial charge in [0.05, 0.1) is 19.3 Å². The molecule has 0 radical (unpaired) electrons. The van der Waals surface area contributed by atoms with E-state index < -0.39 is 0 Å². The number of nitrogens with zero attached hydrogens (tertiary/aromatic N) is 3. The molecular formula is C29H27ClN4O4. The van der Waals surface area contributed by atoms with Crippen molar-refractivity contribution >= 4 is 29.0 Å². The number of amides is 1. The van der Waals surface area contributed by atoms with Crippen LogP contribution in [0.3, 0.4) is 0 Å². The van der Waals surface area contributed by atoms with Crippen LogP contribution < -0.4 is 10.1 Å². The van der Waals surface area contributed by atoms with Crippen LogP contribution in [0.2, 0.25) is 5.02 Å². The van der Waals surface area contributed by atoms with Gasteiger partial charge in [-0.3, -0.25) is 14.5 Å². The van der Waals surface area contributed by atoms with Crippen LogP contribution in [-0.4, -0.2) is 46.9 Å². The number of nitrogens with one attached hydrogen (secondary N) is 1. The molecule has 0 atom stereocenters. The summed E-state index contributed by atoms with van der Waals surface area (Å²) < 4.78 is 10.6. The molecule has 194 valence electrons. The number of methoxy groups -OCH3 is 1. The molecule has 1 saturated heterocycles. The maximum Gasteiger partial charge on any atom is 0.241 e. The monoisotopic (exact) mass is 530 g/mol. The van der Waals surface area contributed by atoms with Crippen LogP contribution in [0.4, 0.5) is 5.69 Å². The molecule has 1 fully saturated rings. The maximum absolute atomic E-state index is 13.1. The fourth-order valence-electron chi connectivity index (χ4n) is 4.51. The standard InChI is InChI=1S/C29H27ClN4O4/c1-37-23-10-7-20(8-11-23)28-32-26(38-33-28)18-34-15-13-21(14-16-34)29(36)31-25-12-9-22(30)17-24(25)27(35)19-5-3-2-4-6-19/h2-12,17,21H,13-16,18H2,1H3,(H,31,36). The molecule has 3 aromatic carbocycles. The second-order valence-electron chi connectivity index (χ2n) is 9.16. The van der Waals surface area contributed by atoms with Gasteiger partial charge in [-0.15, -0.1) is 0 Å². The Morgan fingerprint density at radius 3 is 2.50 bits per heavy atom. The molecule has 2 heterocycles. The van der Waals surface area contributed by atoms with E-state index >= 15 is 0 Å². The molecule has 1 aliphatic rings. The number of likely N-dealkylation sites (tertiary alicyclic amines) is 1. The molecular weight excluding hydrogens is 504 g/mol. The Morgan fingerprint density at radius 2 is 1.79 bits per heavy atom. The minimum atomic E-state index is -0.188. The molecule has 1 aliphatic heterocycles. The Labute approximate surface area is 225 Å². The first-order valence-corrected chi connectivity index (χ1v) is 12.8. The van der Waals surface area contributed by atoms with E-state index in [2.05, 4.69) is 20.4 Å². The number of anilines is 1. The lowest BCUT2D eigenvalue weighted by molar-refractivity contribution is -0.121. The highest BCUT2D eigenvalue weighted by molar-refractivity contribution is 6.31. The normalized spacial score (nSPS) is 14.3. The predicted octanol–water partition coefficient (Wildman–Crippen LogP) is 5.48. The molecule has 0 unspecified atom stereocenters. The third kappa shape index (κ3) is 5.93. The summed E-state index contributed by atoms with van der Waals surface area (Å²) in [6.07, 6.45) is 1.36. The highest BCUT2D eigenvalue weighted by Crippen LogP contribution is 2.27. The number of rotatable bonds is 8. The van der Waals surface area contributed by atoms with Crippen LogP contribution in [0.25, 0.3) is 11.4 Å². The van der Waals surface area contributed by atoms with Gasteiger partial charge in [-0.25, -0.2) is 0 Å². The van der Waals surface area contributed by atoms with Crippen molar-refractivity contribution in [1.82, 2.24) is 15.0 Å². The Balaban J connectivity index is 1.18. The van der Waals surface area contributed by atoms with E-state index in [1.165, 1.54) is 0 Å². The Morgan fingerprint density at radius 1 is 1.05 bits per heavy atom. The molecule has 1 N–H and O–H groups in total. The highest BCUT2D eigenvalue weighted by Gasteiger charge is 2.27. The molecule has 0 bridgehead atoms. The Kier molecular flexibility index (Phi) is 7.81. The molecule has 8 nitrogen and oxygen atoms in total. The maximum atomic E-state index is 13.1. The van der Waals surface area contributed by atoms with Gasteiger partial charge in [-0.1, -0.05) is 47.1 Å². The topological polar surface area (TPSA) is 97.6 Å².